The zero-order valence-electron chi connectivity index (χ0n) is 14.4. The highest BCUT2D eigenvalue weighted by atomic mass is 32.2. The molecule has 0 saturated heterocycles. The highest BCUT2D eigenvalue weighted by Crippen LogP contribution is 2.24. The van der Waals surface area contributed by atoms with Gasteiger partial charge in [-0.1, -0.05) is 30.3 Å². The molecule has 0 fully saturated rings. The van der Waals surface area contributed by atoms with Gasteiger partial charge in [0.05, 0.1) is 11.2 Å². The zero-order valence-corrected chi connectivity index (χ0v) is 15.2. The SMILES string of the molecule is O=S(=O)(NCc1ccc(Cn2ccnc2)cc1)c1ccc2c(c1)CCC2. The van der Waals surface area contributed by atoms with Gasteiger partial charge in [0.15, 0.2) is 0 Å². The number of nitrogens with zero attached hydrogens (tertiary/aromatic N) is 2. The van der Waals surface area contributed by atoms with Crippen LogP contribution in [0.15, 0.2) is 66.1 Å². The van der Waals surface area contributed by atoms with Crippen LogP contribution in [0.5, 0.6) is 0 Å². The Labute approximate surface area is 153 Å². The summed E-state index contributed by atoms with van der Waals surface area (Å²) in [5.41, 5.74) is 4.52. The van der Waals surface area contributed by atoms with Crippen LogP contribution in [0.25, 0.3) is 0 Å². The molecule has 0 amide bonds. The third-order valence-electron chi connectivity index (χ3n) is 4.79. The lowest BCUT2D eigenvalue weighted by atomic mass is 10.1. The Morgan fingerprint density at radius 2 is 1.77 bits per heavy atom. The fraction of sp³-hybridized carbons (Fsp3) is 0.250. The third-order valence-corrected chi connectivity index (χ3v) is 6.19. The first kappa shape index (κ1) is 17.0. The Morgan fingerprint density at radius 3 is 2.54 bits per heavy atom. The van der Waals surface area contributed by atoms with Crippen molar-refractivity contribution in [1.82, 2.24) is 14.3 Å². The molecule has 6 heteroatoms. The van der Waals surface area contributed by atoms with Gasteiger partial charge in [-0.25, -0.2) is 18.1 Å². The van der Waals surface area contributed by atoms with Gasteiger partial charge in [-0.2, -0.15) is 0 Å². The van der Waals surface area contributed by atoms with Crippen molar-refractivity contribution in [3.63, 3.8) is 0 Å². The summed E-state index contributed by atoms with van der Waals surface area (Å²) >= 11 is 0. The maximum Gasteiger partial charge on any atom is 0.240 e. The van der Waals surface area contributed by atoms with Gasteiger partial charge < -0.3 is 4.57 Å². The lowest BCUT2D eigenvalue weighted by Crippen LogP contribution is -2.23. The molecule has 0 aliphatic heterocycles. The largest absolute Gasteiger partial charge is 0.333 e. The molecule has 1 heterocycles. The summed E-state index contributed by atoms with van der Waals surface area (Å²) in [6.45, 7) is 1.03. The van der Waals surface area contributed by atoms with Crippen molar-refractivity contribution in [2.24, 2.45) is 0 Å². The number of hydrogen-bond acceptors (Lipinski definition) is 3. The van der Waals surface area contributed by atoms with Gasteiger partial charge in [-0.3, -0.25) is 0 Å². The van der Waals surface area contributed by atoms with Crippen molar-refractivity contribution in [2.75, 3.05) is 0 Å². The molecule has 0 radical (unpaired) electrons. The van der Waals surface area contributed by atoms with Crippen LogP contribution in [0.3, 0.4) is 0 Å². The predicted octanol–water partition coefficient (Wildman–Crippen LogP) is 2.90. The number of aromatic nitrogens is 2. The van der Waals surface area contributed by atoms with E-state index in [1.165, 1.54) is 5.56 Å². The van der Waals surface area contributed by atoms with Gasteiger partial charge in [0, 0.05) is 25.5 Å². The van der Waals surface area contributed by atoms with E-state index in [4.69, 9.17) is 0 Å². The number of sulfonamides is 1. The lowest BCUT2D eigenvalue weighted by molar-refractivity contribution is 0.581. The molecule has 0 unspecified atom stereocenters. The van der Waals surface area contributed by atoms with Crippen LogP contribution in [-0.4, -0.2) is 18.0 Å². The average Bonchev–Trinajstić information content (AvgIpc) is 3.32. The van der Waals surface area contributed by atoms with Gasteiger partial charge in [0.1, 0.15) is 0 Å². The van der Waals surface area contributed by atoms with Gasteiger partial charge in [0.25, 0.3) is 0 Å². The van der Waals surface area contributed by atoms with E-state index in [1.807, 2.05) is 47.2 Å². The summed E-state index contributed by atoms with van der Waals surface area (Å²) in [6.07, 6.45) is 8.57. The van der Waals surface area contributed by atoms with E-state index in [1.54, 1.807) is 18.6 Å². The molecule has 1 N–H and O–H groups in total. The fourth-order valence-corrected chi connectivity index (χ4v) is 4.40. The predicted molar refractivity (Wildman–Crippen MR) is 100 cm³/mol. The number of hydrogen-bond donors (Lipinski definition) is 1. The van der Waals surface area contributed by atoms with Crippen LogP contribution < -0.4 is 4.72 Å². The Balaban J connectivity index is 1.41. The number of aryl methyl sites for hydroxylation is 2. The van der Waals surface area contributed by atoms with Crippen LogP contribution in [0.2, 0.25) is 0 Å². The minimum Gasteiger partial charge on any atom is -0.333 e. The molecule has 1 aliphatic carbocycles. The van der Waals surface area contributed by atoms with Gasteiger partial charge in [0.2, 0.25) is 10.0 Å². The molecule has 3 aromatic rings. The van der Waals surface area contributed by atoms with Crippen LogP contribution >= 0.6 is 0 Å². The Morgan fingerprint density at radius 1 is 1.00 bits per heavy atom. The molecule has 4 rings (SSSR count). The van der Waals surface area contributed by atoms with Crippen LogP contribution in [0, 0.1) is 0 Å². The van der Waals surface area contributed by atoms with Crippen LogP contribution in [0.4, 0.5) is 0 Å². The topological polar surface area (TPSA) is 64.0 Å². The van der Waals surface area contributed by atoms with Crippen molar-refractivity contribution in [1.29, 1.82) is 0 Å². The molecule has 0 spiro atoms. The summed E-state index contributed by atoms with van der Waals surface area (Å²) in [5.74, 6) is 0. The van der Waals surface area contributed by atoms with Crippen molar-refractivity contribution in [2.45, 2.75) is 37.2 Å². The summed E-state index contributed by atoms with van der Waals surface area (Å²) in [5, 5.41) is 0. The van der Waals surface area contributed by atoms with E-state index in [0.717, 1.165) is 42.5 Å². The second-order valence-electron chi connectivity index (χ2n) is 6.66. The van der Waals surface area contributed by atoms with Gasteiger partial charge in [-0.15, -0.1) is 0 Å². The molecule has 0 atom stereocenters. The summed E-state index contributed by atoms with van der Waals surface area (Å²) < 4.78 is 29.8. The van der Waals surface area contributed by atoms with E-state index in [9.17, 15) is 8.42 Å². The molecule has 5 nitrogen and oxygen atoms in total. The van der Waals surface area contributed by atoms with Gasteiger partial charge >= 0.3 is 0 Å². The third kappa shape index (κ3) is 3.71. The molecule has 134 valence electrons. The smallest absolute Gasteiger partial charge is 0.240 e. The summed E-state index contributed by atoms with van der Waals surface area (Å²) in [7, 11) is -3.49. The Hall–Kier alpha value is -2.44. The normalized spacial score (nSPS) is 13.7. The lowest BCUT2D eigenvalue weighted by Gasteiger charge is -2.09. The van der Waals surface area contributed by atoms with E-state index >= 15 is 0 Å². The van der Waals surface area contributed by atoms with Gasteiger partial charge in [-0.05, 0) is 53.6 Å². The standard InChI is InChI=1S/C20H21N3O2S/c24-26(25,20-9-8-18-2-1-3-19(18)12-20)22-13-16-4-6-17(7-5-16)14-23-11-10-21-15-23/h4-12,15,22H,1-3,13-14H2. The Kier molecular flexibility index (Phi) is 4.61. The fourth-order valence-electron chi connectivity index (χ4n) is 3.33. The average molecular weight is 367 g/mol. The van der Waals surface area contributed by atoms with Crippen molar-refractivity contribution < 1.29 is 8.42 Å². The quantitative estimate of drug-likeness (QED) is 0.729. The number of nitrogens with one attached hydrogen (secondary N) is 1. The number of imidazole rings is 1. The summed E-state index contributed by atoms with van der Waals surface area (Å²) in [4.78, 5) is 4.39. The van der Waals surface area contributed by atoms with E-state index in [2.05, 4.69) is 9.71 Å². The molecule has 0 bridgehead atoms. The first-order valence-electron chi connectivity index (χ1n) is 8.75. The first-order chi connectivity index (χ1) is 12.6. The number of rotatable bonds is 6. The van der Waals surface area contributed by atoms with Crippen LogP contribution in [-0.2, 0) is 36.0 Å². The molecular weight excluding hydrogens is 346 g/mol. The second kappa shape index (κ2) is 7.05. The Bertz CT molecular complexity index is 994. The van der Waals surface area contributed by atoms with Crippen molar-refractivity contribution in [3.8, 4) is 0 Å². The van der Waals surface area contributed by atoms with Crippen molar-refractivity contribution in [3.05, 3.63) is 83.4 Å². The highest BCUT2D eigenvalue weighted by Gasteiger charge is 2.18. The molecule has 1 aliphatic rings. The first-order valence-corrected chi connectivity index (χ1v) is 10.2. The zero-order chi connectivity index (χ0) is 18.0. The van der Waals surface area contributed by atoms with Crippen LogP contribution in [0.1, 0.15) is 28.7 Å². The highest BCUT2D eigenvalue weighted by molar-refractivity contribution is 7.89. The maximum atomic E-state index is 12.6. The maximum absolute atomic E-state index is 12.6. The minimum atomic E-state index is -3.49. The van der Waals surface area contributed by atoms with E-state index < -0.39 is 10.0 Å². The molecule has 26 heavy (non-hydrogen) atoms. The minimum absolute atomic E-state index is 0.283. The number of benzene rings is 2. The number of fused-ring (bicyclic) bond motifs is 1. The van der Waals surface area contributed by atoms with E-state index in [-0.39, 0.29) is 6.54 Å². The monoisotopic (exact) mass is 367 g/mol. The van der Waals surface area contributed by atoms with E-state index in [0.29, 0.717) is 4.90 Å². The van der Waals surface area contributed by atoms with Crippen molar-refractivity contribution >= 4 is 10.0 Å². The molecule has 1 aromatic heterocycles. The second-order valence-corrected chi connectivity index (χ2v) is 8.43. The molecular formula is C20H21N3O2S. The summed E-state index contributed by atoms with van der Waals surface area (Å²) in [6, 6.07) is 13.4. The molecule has 0 saturated carbocycles. The molecule has 2 aromatic carbocycles.